The molecule has 118 valence electrons. The molecule has 0 aliphatic rings. The molecule has 0 spiro atoms. The molecule has 1 aromatic carbocycles. The van der Waals surface area contributed by atoms with Crippen molar-refractivity contribution in [1.29, 1.82) is 0 Å². The molecule has 5 nitrogen and oxygen atoms in total. The van der Waals surface area contributed by atoms with Gasteiger partial charge in [-0.15, -0.1) is 0 Å². The topological polar surface area (TPSA) is 69.7 Å². The van der Waals surface area contributed by atoms with Crippen molar-refractivity contribution in [3.8, 4) is 5.75 Å². The second kappa shape index (κ2) is 7.66. The van der Waals surface area contributed by atoms with Crippen LogP contribution in [0, 0.1) is 5.92 Å². The van der Waals surface area contributed by atoms with Crippen LogP contribution in [-0.4, -0.2) is 27.6 Å². The van der Waals surface area contributed by atoms with Gasteiger partial charge in [-0.05, 0) is 37.5 Å². The first-order chi connectivity index (χ1) is 9.75. The van der Waals surface area contributed by atoms with Crippen molar-refractivity contribution in [2.24, 2.45) is 5.92 Å². The first kappa shape index (κ1) is 17.8. The lowest BCUT2D eigenvalue weighted by atomic mass is 10.1. The molecule has 0 aliphatic carbocycles. The van der Waals surface area contributed by atoms with Crippen LogP contribution in [0.4, 0.5) is 0 Å². The smallest absolute Gasteiger partial charge is 0.341 e. The van der Waals surface area contributed by atoms with Gasteiger partial charge in [-0.3, -0.25) is 0 Å². The summed E-state index contributed by atoms with van der Waals surface area (Å²) in [5.74, 6) is 0.0519. The van der Waals surface area contributed by atoms with Crippen molar-refractivity contribution in [2.45, 2.75) is 32.1 Å². The minimum atomic E-state index is -3.92. The molecule has 21 heavy (non-hydrogen) atoms. The van der Waals surface area contributed by atoms with Crippen molar-refractivity contribution in [2.75, 3.05) is 13.2 Å². The number of hydrogen-bond acceptors (Lipinski definition) is 5. The molecule has 0 bridgehead atoms. The molecule has 0 fully saturated rings. The SMILES string of the molecule is CCOc1ccc(S(=O)(=O)Cl)cc1C(=O)OCCC(C)C. The Morgan fingerprint density at radius 1 is 1.33 bits per heavy atom. The first-order valence-electron chi connectivity index (χ1n) is 6.64. The van der Waals surface area contributed by atoms with Crippen molar-refractivity contribution >= 4 is 25.7 Å². The van der Waals surface area contributed by atoms with E-state index in [-0.39, 0.29) is 22.8 Å². The number of carbonyl (C=O) groups is 1. The van der Waals surface area contributed by atoms with E-state index in [4.69, 9.17) is 20.2 Å². The number of rotatable bonds is 7. The molecule has 1 rings (SSSR count). The second-order valence-electron chi connectivity index (χ2n) is 4.85. The first-order valence-corrected chi connectivity index (χ1v) is 8.95. The molecule has 0 radical (unpaired) electrons. The summed E-state index contributed by atoms with van der Waals surface area (Å²) in [6.07, 6.45) is 0.725. The van der Waals surface area contributed by atoms with E-state index in [2.05, 4.69) is 0 Å². The van der Waals surface area contributed by atoms with Gasteiger partial charge < -0.3 is 9.47 Å². The van der Waals surface area contributed by atoms with Crippen LogP contribution in [0.25, 0.3) is 0 Å². The van der Waals surface area contributed by atoms with E-state index < -0.39 is 15.0 Å². The zero-order chi connectivity index (χ0) is 16.0. The maximum Gasteiger partial charge on any atom is 0.341 e. The molecule has 0 heterocycles. The van der Waals surface area contributed by atoms with E-state index in [1.54, 1.807) is 6.92 Å². The summed E-state index contributed by atoms with van der Waals surface area (Å²) >= 11 is 0. The summed E-state index contributed by atoms with van der Waals surface area (Å²) in [5, 5.41) is 0. The van der Waals surface area contributed by atoms with E-state index in [0.29, 0.717) is 12.5 Å². The number of carbonyl (C=O) groups excluding carboxylic acids is 1. The van der Waals surface area contributed by atoms with Crippen LogP contribution in [0.1, 0.15) is 37.6 Å². The third kappa shape index (κ3) is 5.55. The normalized spacial score (nSPS) is 11.5. The Bertz CT molecular complexity index is 595. The van der Waals surface area contributed by atoms with Crippen LogP contribution in [0.15, 0.2) is 23.1 Å². The van der Waals surface area contributed by atoms with Gasteiger partial charge in [-0.1, -0.05) is 13.8 Å². The minimum Gasteiger partial charge on any atom is -0.493 e. The average Bonchev–Trinajstić information content (AvgIpc) is 2.37. The monoisotopic (exact) mass is 334 g/mol. The van der Waals surface area contributed by atoms with E-state index >= 15 is 0 Å². The fourth-order valence-corrected chi connectivity index (χ4v) is 2.34. The van der Waals surface area contributed by atoms with Gasteiger partial charge in [0.15, 0.2) is 0 Å². The van der Waals surface area contributed by atoms with Gasteiger partial charge >= 0.3 is 5.97 Å². The molecule has 0 aliphatic heterocycles. The van der Waals surface area contributed by atoms with E-state index in [0.717, 1.165) is 6.42 Å². The fourth-order valence-electron chi connectivity index (χ4n) is 1.57. The van der Waals surface area contributed by atoms with Gasteiger partial charge in [-0.25, -0.2) is 13.2 Å². The van der Waals surface area contributed by atoms with Crippen molar-refractivity contribution in [3.05, 3.63) is 23.8 Å². The Hall–Kier alpha value is -1.27. The average molecular weight is 335 g/mol. The molecular weight excluding hydrogens is 316 g/mol. The maximum absolute atomic E-state index is 12.1. The zero-order valence-corrected chi connectivity index (χ0v) is 13.8. The lowest BCUT2D eigenvalue weighted by molar-refractivity contribution is 0.0483. The summed E-state index contributed by atoms with van der Waals surface area (Å²) in [6.45, 7) is 6.40. The summed E-state index contributed by atoms with van der Waals surface area (Å²) in [5.41, 5.74) is 0.0577. The van der Waals surface area contributed by atoms with E-state index in [1.165, 1.54) is 18.2 Å². The van der Waals surface area contributed by atoms with E-state index in [1.807, 2.05) is 13.8 Å². The lowest BCUT2D eigenvalue weighted by Crippen LogP contribution is -2.11. The Kier molecular flexibility index (Phi) is 6.48. The second-order valence-corrected chi connectivity index (χ2v) is 7.41. The molecule has 0 unspecified atom stereocenters. The quantitative estimate of drug-likeness (QED) is 0.565. The summed E-state index contributed by atoms with van der Waals surface area (Å²) in [7, 11) is 1.37. The summed E-state index contributed by atoms with van der Waals surface area (Å²) in [4.78, 5) is 11.9. The standard InChI is InChI=1S/C14H19ClO5S/c1-4-19-13-6-5-11(21(15,17)18)9-12(13)14(16)20-8-7-10(2)3/h5-6,9-10H,4,7-8H2,1-3H3. The van der Waals surface area contributed by atoms with E-state index in [9.17, 15) is 13.2 Å². The molecule has 0 saturated heterocycles. The van der Waals surface area contributed by atoms with Crippen LogP contribution in [0.5, 0.6) is 5.75 Å². The van der Waals surface area contributed by atoms with Gasteiger partial charge in [0.2, 0.25) is 0 Å². The van der Waals surface area contributed by atoms with Gasteiger partial charge in [0.05, 0.1) is 18.1 Å². The molecule has 0 amide bonds. The van der Waals surface area contributed by atoms with Gasteiger partial charge in [0.25, 0.3) is 9.05 Å². The third-order valence-electron chi connectivity index (χ3n) is 2.68. The Balaban J connectivity index is 3.02. The van der Waals surface area contributed by atoms with Crippen LogP contribution in [0.3, 0.4) is 0 Å². The number of benzene rings is 1. The maximum atomic E-state index is 12.1. The molecular formula is C14H19ClO5S. The molecule has 0 aromatic heterocycles. The van der Waals surface area contributed by atoms with Gasteiger partial charge in [-0.2, -0.15) is 0 Å². The molecule has 7 heteroatoms. The third-order valence-corrected chi connectivity index (χ3v) is 4.03. The predicted octanol–water partition coefficient (Wildman–Crippen LogP) is 3.22. The fraction of sp³-hybridized carbons (Fsp3) is 0.500. The summed E-state index contributed by atoms with van der Waals surface area (Å²) < 4.78 is 33.2. The molecule has 1 aromatic rings. The Morgan fingerprint density at radius 3 is 2.52 bits per heavy atom. The molecule has 0 atom stereocenters. The largest absolute Gasteiger partial charge is 0.493 e. The van der Waals surface area contributed by atoms with Crippen LogP contribution in [-0.2, 0) is 13.8 Å². The number of halogens is 1. The molecule has 0 saturated carbocycles. The molecule has 0 N–H and O–H groups in total. The van der Waals surface area contributed by atoms with Crippen LogP contribution >= 0.6 is 10.7 Å². The van der Waals surface area contributed by atoms with Crippen molar-refractivity contribution < 1.29 is 22.7 Å². The number of hydrogen-bond donors (Lipinski definition) is 0. The highest BCUT2D eigenvalue weighted by molar-refractivity contribution is 8.13. The highest BCUT2D eigenvalue weighted by Gasteiger charge is 2.19. The van der Waals surface area contributed by atoms with Gasteiger partial charge in [0, 0.05) is 10.7 Å². The van der Waals surface area contributed by atoms with Crippen LogP contribution in [0.2, 0.25) is 0 Å². The number of ether oxygens (including phenoxy) is 2. The number of esters is 1. The Labute approximate surface area is 129 Å². The predicted molar refractivity (Wildman–Crippen MR) is 80.4 cm³/mol. The Morgan fingerprint density at radius 2 is 2.00 bits per heavy atom. The van der Waals surface area contributed by atoms with Gasteiger partial charge in [0.1, 0.15) is 11.3 Å². The minimum absolute atomic E-state index is 0.0577. The van der Waals surface area contributed by atoms with Crippen molar-refractivity contribution in [1.82, 2.24) is 0 Å². The highest BCUT2D eigenvalue weighted by atomic mass is 35.7. The lowest BCUT2D eigenvalue weighted by Gasteiger charge is -2.11. The zero-order valence-electron chi connectivity index (χ0n) is 12.3. The van der Waals surface area contributed by atoms with Crippen LogP contribution < -0.4 is 4.74 Å². The van der Waals surface area contributed by atoms with Crippen molar-refractivity contribution in [3.63, 3.8) is 0 Å². The highest BCUT2D eigenvalue weighted by Crippen LogP contribution is 2.25. The summed E-state index contributed by atoms with van der Waals surface area (Å²) in [6, 6.07) is 3.86.